The molecule has 2 aromatic rings. The van der Waals surface area contributed by atoms with E-state index < -0.39 is 21.9 Å². The zero-order valence-electron chi connectivity index (χ0n) is 18.5. The SMILES string of the molecule is CCCCOC(=O)c1ccc(NC(=O)CN(CC)S(=O)(=O)c2cc(C)ccc2C)cc1. The standard InChI is InChI=1S/C23H30N2O5S/c1-5-7-14-30-23(27)19-10-12-20(13-11-19)24-22(26)16-25(6-2)31(28,29)21-15-17(3)8-9-18(21)4/h8-13,15H,5-7,14,16H2,1-4H3,(H,24,26). The Morgan fingerprint density at radius 3 is 2.32 bits per heavy atom. The zero-order chi connectivity index (χ0) is 23.0. The number of likely N-dealkylation sites (N-methyl/N-ethyl adjacent to an activating group) is 1. The predicted octanol–water partition coefficient (Wildman–Crippen LogP) is 3.91. The molecule has 0 unspecified atom stereocenters. The number of unbranched alkanes of at least 4 members (excludes halogenated alkanes) is 1. The summed E-state index contributed by atoms with van der Waals surface area (Å²) in [6.45, 7) is 7.47. The predicted molar refractivity (Wildman–Crippen MR) is 121 cm³/mol. The van der Waals surface area contributed by atoms with Crippen molar-refractivity contribution >= 4 is 27.6 Å². The van der Waals surface area contributed by atoms with Gasteiger partial charge < -0.3 is 10.1 Å². The minimum atomic E-state index is -3.81. The Hall–Kier alpha value is -2.71. The number of ether oxygens (including phenoxy) is 1. The van der Waals surface area contributed by atoms with E-state index in [0.717, 1.165) is 22.7 Å². The van der Waals surface area contributed by atoms with Gasteiger partial charge >= 0.3 is 5.97 Å². The van der Waals surface area contributed by atoms with Crippen LogP contribution in [0.3, 0.4) is 0 Å². The summed E-state index contributed by atoms with van der Waals surface area (Å²) in [5.41, 5.74) is 2.32. The molecule has 0 aliphatic carbocycles. The maximum atomic E-state index is 13.0. The van der Waals surface area contributed by atoms with Crippen molar-refractivity contribution in [3.63, 3.8) is 0 Å². The van der Waals surface area contributed by atoms with Crippen molar-refractivity contribution in [2.75, 3.05) is 25.0 Å². The summed E-state index contributed by atoms with van der Waals surface area (Å²) in [4.78, 5) is 24.6. The van der Waals surface area contributed by atoms with Crippen molar-refractivity contribution in [1.29, 1.82) is 0 Å². The van der Waals surface area contributed by atoms with E-state index in [1.165, 1.54) is 0 Å². The third-order valence-corrected chi connectivity index (χ3v) is 6.83. The second-order valence-electron chi connectivity index (χ2n) is 7.32. The molecule has 0 radical (unpaired) electrons. The van der Waals surface area contributed by atoms with Crippen molar-refractivity contribution in [2.24, 2.45) is 0 Å². The van der Waals surface area contributed by atoms with Gasteiger partial charge in [0, 0.05) is 12.2 Å². The average Bonchev–Trinajstić information content (AvgIpc) is 2.74. The largest absolute Gasteiger partial charge is 0.462 e. The van der Waals surface area contributed by atoms with Crippen molar-refractivity contribution in [1.82, 2.24) is 4.31 Å². The van der Waals surface area contributed by atoms with E-state index >= 15 is 0 Å². The molecule has 7 nitrogen and oxygen atoms in total. The molecule has 0 bridgehead atoms. The number of esters is 1. The smallest absolute Gasteiger partial charge is 0.338 e. The number of benzene rings is 2. The first-order chi connectivity index (χ1) is 14.7. The van der Waals surface area contributed by atoms with E-state index in [-0.39, 0.29) is 18.0 Å². The molecular formula is C23H30N2O5S. The summed E-state index contributed by atoms with van der Waals surface area (Å²) in [6, 6.07) is 11.5. The van der Waals surface area contributed by atoms with Crippen LogP contribution in [0.25, 0.3) is 0 Å². The third-order valence-electron chi connectivity index (χ3n) is 4.77. The van der Waals surface area contributed by atoms with Crippen molar-refractivity contribution in [3.8, 4) is 0 Å². The first-order valence-electron chi connectivity index (χ1n) is 10.3. The van der Waals surface area contributed by atoms with Gasteiger partial charge in [-0.25, -0.2) is 13.2 Å². The maximum absolute atomic E-state index is 13.0. The number of nitrogens with zero attached hydrogens (tertiary/aromatic N) is 1. The van der Waals surface area contributed by atoms with Crippen LogP contribution in [0, 0.1) is 13.8 Å². The highest BCUT2D eigenvalue weighted by atomic mass is 32.2. The van der Waals surface area contributed by atoms with Crippen LogP contribution in [0.15, 0.2) is 47.4 Å². The van der Waals surface area contributed by atoms with Crippen molar-refractivity contribution < 1.29 is 22.7 Å². The second kappa shape index (κ2) is 11.1. The van der Waals surface area contributed by atoms with Crippen LogP contribution < -0.4 is 5.32 Å². The highest BCUT2D eigenvalue weighted by Gasteiger charge is 2.27. The highest BCUT2D eigenvalue weighted by molar-refractivity contribution is 7.89. The number of carbonyl (C=O) groups is 2. The molecule has 0 aliphatic heterocycles. The van der Waals surface area contributed by atoms with Crippen LogP contribution >= 0.6 is 0 Å². The van der Waals surface area contributed by atoms with Gasteiger partial charge in [-0.2, -0.15) is 4.31 Å². The van der Waals surface area contributed by atoms with Crippen LogP contribution in [0.5, 0.6) is 0 Å². The number of hydrogen-bond acceptors (Lipinski definition) is 5. The van der Waals surface area contributed by atoms with E-state index in [1.54, 1.807) is 50.2 Å². The number of aryl methyl sites for hydroxylation is 2. The van der Waals surface area contributed by atoms with Gasteiger partial charge in [0.25, 0.3) is 0 Å². The number of anilines is 1. The molecule has 0 spiro atoms. The molecule has 0 aliphatic rings. The topological polar surface area (TPSA) is 92.8 Å². The van der Waals surface area contributed by atoms with Crippen molar-refractivity contribution in [2.45, 2.75) is 45.4 Å². The summed E-state index contributed by atoms with van der Waals surface area (Å²) in [5, 5.41) is 2.68. The number of amides is 1. The molecule has 8 heteroatoms. The molecule has 1 N–H and O–H groups in total. The van der Waals surface area contributed by atoms with E-state index in [1.807, 2.05) is 19.9 Å². The van der Waals surface area contributed by atoms with Gasteiger partial charge in [-0.05, 0) is 61.7 Å². The van der Waals surface area contributed by atoms with Crippen LogP contribution in [0.4, 0.5) is 5.69 Å². The fraction of sp³-hybridized carbons (Fsp3) is 0.391. The summed E-state index contributed by atoms with van der Waals surface area (Å²) in [6.07, 6.45) is 1.74. The minimum absolute atomic E-state index is 0.158. The van der Waals surface area contributed by atoms with Crippen LogP contribution in [-0.4, -0.2) is 44.3 Å². The molecule has 0 fully saturated rings. The number of hydrogen-bond donors (Lipinski definition) is 1. The first kappa shape index (κ1) is 24.6. The van der Waals surface area contributed by atoms with Gasteiger partial charge in [0.15, 0.2) is 0 Å². The fourth-order valence-electron chi connectivity index (χ4n) is 2.93. The lowest BCUT2D eigenvalue weighted by Crippen LogP contribution is -2.38. The molecule has 31 heavy (non-hydrogen) atoms. The summed E-state index contributed by atoms with van der Waals surface area (Å²) >= 11 is 0. The average molecular weight is 447 g/mol. The second-order valence-corrected chi connectivity index (χ2v) is 9.22. The Balaban J connectivity index is 2.05. The third kappa shape index (κ3) is 6.63. The lowest BCUT2D eigenvalue weighted by Gasteiger charge is -2.21. The summed E-state index contributed by atoms with van der Waals surface area (Å²) in [7, 11) is -3.81. The lowest BCUT2D eigenvalue weighted by atomic mass is 10.2. The van der Waals surface area contributed by atoms with Gasteiger partial charge in [-0.3, -0.25) is 4.79 Å². The molecule has 2 aromatic carbocycles. The van der Waals surface area contributed by atoms with Crippen LogP contribution in [0.1, 0.15) is 48.2 Å². The van der Waals surface area contributed by atoms with Gasteiger partial charge in [0.05, 0.1) is 23.6 Å². The zero-order valence-corrected chi connectivity index (χ0v) is 19.3. The Kier molecular flexibility index (Phi) is 8.76. The molecular weight excluding hydrogens is 416 g/mol. The summed E-state index contributed by atoms with van der Waals surface area (Å²) < 4.78 is 32.4. The fourth-order valence-corrected chi connectivity index (χ4v) is 4.65. The van der Waals surface area contributed by atoms with Crippen LogP contribution in [0.2, 0.25) is 0 Å². The Labute approximate surface area is 184 Å². The normalized spacial score (nSPS) is 11.4. The lowest BCUT2D eigenvalue weighted by molar-refractivity contribution is -0.116. The van der Waals surface area contributed by atoms with Crippen LogP contribution in [-0.2, 0) is 19.6 Å². The summed E-state index contributed by atoms with van der Waals surface area (Å²) in [5.74, 6) is -0.878. The van der Waals surface area contributed by atoms with Gasteiger partial charge in [0.1, 0.15) is 0 Å². The number of carbonyl (C=O) groups excluding carboxylic acids is 2. The van der Waals surface area contributed by atoms with Gasteiger partial charge in [-0.1, -0.05) is 32.4 Å². The quantitative estimate of drug-likeness (QED) is 0.441. The first-order valence-corrected chi connectivity index (χ1v) is 11.8. The molecule has 0 saturated heterocycles. The molecule has 1 amide bonds. The minimum Gasteiger partial charge on any atom is -0.462 e. The van der Waals surface area contributed by atoms with E-state index in [0.29, 0.717) is 23.4 Å². The van der Waals surface area contributed by atoms with Gasteiger partial charge in [-0.15, -0.1) is 0 Å². The molecule has 2 rings (SSSR count). The Bertz CT molecular complexity index is 1020. The maximum Gasteiger partial charge on any atom is 0.338 e. The number of nitrogens with one attached hydrogen (secondary N) is 1. The van der Waals surface area contributed by atoms with E-state index in [9.17, 15) is 18.0 Å². The Morgan fingerprint density at radius 2 is 1.71 bits per heavy atom. The molecule has 0 heterocycles. The van der Waals surface area contributed by atoms with Crippen molar-refractivity contribution in [3.05, 3.63) is 59.2 Å². The highest BCUT2D eigenvalue weighted by Crippen LogP contribution is 2.21. The number of rotatable bonds is 10. The monoisotopic (exact) mass is 446 g/mol. The Morgan fingerprint density at radius 1 is 1.03 bits per heavy atom. The molecule has 0 aromatic heterocycles. The molecule has 168 valence electrons. The van der Waals surface area contributed by atoms with E-state index in [4.69, 9.17) is 4.74 Å². The molecule has 0 saturated carbocycles. The molecule has 0 atom stereocenters. The van der Waals surface area contributed by atoms with Gasteiger partial charge in [0.2, 0.25) is 15.9 Å². The number of sulfonamides is 1. The van der Waals surface area contributed by atoms with E-state index in [2.05, 4.69) is 5.32 Å².